The topological polar surface area (TPSA) is 9.23 Å². The first-order chi connectivity index (χ1) is 7.21. The molecule has 1 unspecified atom stereocenters. The van der Waals surface area contributed by atoms with Crippen LogP contribution in [0.1, 0.15) is 30.9 Å². The first-order valence-electron chi connectivity index (χ1n) is 5.01. The van der Waals surface area contributed by atoms with Gasteiger partial charge in [-0.05, 0) is 30.7 Å². The second-order valence-electron chi connectivity index (χ2n) is 3.42. The van der Waals surface area contributed by atoms with Gasteiger partial charge < -0.3 is 4.74 Å². The van der Waals surface area contributed by atoms with Gasteiger partial charge >= 0.3 is 0 Å². The molecule has 0 radical (unpaired) electrons. The van der Waals surface area contributed by atoms with Gasteiger partial charge in [-0.1, -0.05) is 12.8 Å². The van der Waals surface area contributed by atoms with E-state index in [1.165, 1.54) is 0 Å². The molecule has 0 spiro atoms. The van der Waals surface area contributed by atoms with E-state index in [9.17, 15) is 4.39 Å². The van der Waals surface area contributed by atoms with Gasteiger partial charge in [0, 0.05) is 11.5 Å². The average Bonchev–Trinajstić information content (AvgIpc) is 2.28. The van der Waals surface area contributed by atoms with E-state index in [1.54, 1.807) is 6.07 Å². The van der Waals surface area contributed by atoms with Gasteiger partial charge in [-0.25, -0.2) is 0 Å². The van der Waals surface area contributed by atoms with Crippen molar-refractivity contribution in [3.05, 3.63) is 29.3 Å². The number of halogens is 1. The van der Waals surface area contributed by atoms with Crippen molar-refractivity contribution in [2.24, 2.45) is 0 Å². The Morgan fingerprint density at radius 2 is 2.20 bits per heavy atom. The van der Waals surface area contributed by atoms with Crippen molar-refractivity contribution in [3.8, 4) is 18.1 Å². The number of hydrogen-bond donors (Lipinski definition) is 0. The molecule has 0 N–H and O–H groups in total. The first-order valence-corrected chi connectivity index (χ1v) is 5.01. The highest BCUT2D eigenvalue weighted by Gasteiger charge is 2.07. The molecule has 15 heavy (non-hydrogen) atoms. The van der Waals surface area contributed by atoms with Crippen LogP contribution >= 0.6 is 0 Å². The van der Waals surface area contributed by atoms with Crippen molar-refractivity contribution in [2.45, 2.75) is 19.8 Å². The third-order valence-electron chi connectivity index (χ3n) is 2.21. The van der Waals surface area contributed by atoms with Crippen LogP contribution in [-0.2, 0) is 0 Å². The van der Waals surface area contributed by atoms with Crippen LogP contribution in [0, 0.1) is 12.3 Å². The Kier molecular flexibility index (Phi) is 4.17. The molecule has 2 heteroatoms. The van der Waals surface area contributed by atoms with Gasteiger partial charge in [0.25, 0.3) is 0 Å². The number of ether oxygens (including phenoxy) is 1. The Bertz CT molecular complexity index is 365. The van der Waals surface area contributed by atoms with E-state index in [0.717, 1.165) is 11.1 Å². The van der Waals surface area contributed by atoms with Gasteiger partial charge in [0.15, 0.2) is 0 Å². The lowest BCUT2D eigenvalue weighted by Crippen LogP contribution is -1.99. The Hall–Kier alpha value is -1.49. The summed E-state index contributed by atoms with van der Waals surface area (Å²) >= 11 is 0. The molecule has 80 valence electrons. The summed E-state index contributed by atoms with van der Waals surface area (Å²) < 4.78 is 17.9. The van der Waals surface area contributed by atoms with Crippen molar-refractivity contribution in [1.82, 2.24) is 0 Å². The van der Waals surface area contributed by atoms with Crippen molar-refractivity contribution in [3.63, 3.8) is 0 Å². The Balaban J connectivity index is 3.06. The lowest BCUT2D eigenvalue weighted by atomic mass is 10.00. The monoisotopic (exact) mass is 206 g/mol. The minimum absolute atomic E-state index is 0.141. The van der Waals surface area contributed by atoms with E-state index in [-0.39, 0.29) is 12.6 Å². The van der Waals surface area contributed by atoms with Gasteiger partial charge in [-0.15, -0.1) is 6.42 Å². The summed E-state index contributed by atoms with van der Waals surface area (Å²) in [6.45, 7) is 3.92. The van der Waals surface area contributed by atoms with Gasteiger partial charge in [-0.2, -0.15) is 0 Å². The van der Waals surface area contributed by atoms with E-state index < -0.39 is 0 Å². The normalized spacial score (nSPS) is 11.9. The molecule has 1 atom stereocenters. The van der Waals surface area contributed by atoms with Crippen molar-refractivity contribution in [2.75, 3.05) is 13.3 Å². The zero-order chi connectivity index (χ0) is 11.3. The molecule has 0 heterocycles. The molecular formula is C13H15FO. The quantitative estimate of drug-likeness (QED) is 0.688. The highest BCUT2D eigenvalue weighted by Crippen LogP contribution is 2.23. The minimum Gasteiger partial charge on any atom is -0.494 e. The summed E-state index contributed by atoms with van der Waals surface area (Å²) in [6.07, 6.45) is 5.33. The molecule has 1 aromatic rings. The van der Waals surface area contributed by atoms with Gasteiger partial charge in [0.1, 0.15) is 5.75 Å². The van der Waals surface area contributed by atoms with Crippen LogP contribution in [0.4, 0.5) is 4.39 Å². The van der Waals surface area contributed by atoms with E-state index in [4.69, 9.17) is 11.2 Å². The summed E-state index contributed by atoms with van der Waals surface area (Å²) in [5, 5.41) is 0. The molecule has 0 saturated carbocycles. The number of rotatable bonds is 4. The van der Waals surface area contributed by atoms with E-state index >= 15 is 0 Å². The second kappa shape index (κ2) is 5.41. The standard InChI is InChI=1S/C13H15FO/c1-4-11-6-12(10(3)9-14)8-13(7-11)15-5-2/h1,6-8,10H,5,9H2,2-3H3. The van der Waals surface area contributed by atoms with Crippen LogP contribution in [0.15, 0.2) is 18.2 Å². The maximum atomic E-state index is 12.5. The molecule has 1 aromatic carbocycles. The molecule has 0 amide bonds. The molecule has 0 aliphatic carbocycles. The summed E-state index contributed by atoms with van der Waals surface area (Å²) in [7, 11) is 0. The van der Waals surface area contributed by atoms with E-state index in [1.807, 2.05) is 26.0 Å². The van der Waals surface area contributed by atoms with Crippen LogP contribution in [-0.4, -0.2) is 13.3 Å². The molecule has 0 saturated heterocycles. The summed E-state index contributed by atoms with van der Waals surface area (Å²) in [5.74, 6) is 3.11. The molecular weight excluding hydrogens is 191 g/mol. The fourth-order valence-corrected chi connectivity index (χ4v) is 1.33. The van der Waals surface area contributed by atoms with Crippen molar-refractivity contribution < 1.29 is 9.13 Å². The molecule has 0 bridgehead atoms. The Labute approximate surface area is 90.3 Å². The smallest absolute Gasteiger partial charge is 0.120 e. The zero-order valence-electron chi connectivity index (χ0n) is 9.09. The number of hydrogen-bond acceptors (Lipinski definition) is 1. The second-order valence-corrected chi connectivity index (χ2v) is 3.42. The maximum Gasteiger partial charge on any atom is 0.120 e. The highest BCUT2D eigenvalue weighted by atomic mass is 19.1. The van der Waals surface area contributed by atoms with Crippen LogP contribution in [0.5, 0.6) is 5.75 Å². The third kappa shape index (κ3) is 2.99. The molecule has 0 aliphatic rings. The summed E-state index contributed by atoms with van der Waals surface area (Å²) in [4.78, 5) is 0. The van der Waals surface area contributed by atoms with Crippen molar-refractivity contribution in [1.29, 1.82) is 0 Å². The summed E-state index contributed by atoms with van der Waals surface area (Å²) in [6, 6.07) is 5.46. The molecule has 0 aliphatic heterocycles. The molecule has 1 nitrogen and oxygen atoms in total. The van der Waals surface area contributed by atoms with Gasteiger partial charge in [0.2, 0.25) is 0 Å². The summed E-state index contributed by atoms with van der Waals surface area (Å²) in [5.41, 5.74) is 1.62. The lowest BCUT2D eigenvalue weighted by molar-refractivity contribution is 0.339. The average molecular weight is 206 g/mol. The fourth-order valence-electron chi connectivity index (χ4n) is 1.33. The number of terminal acetylenes is 1. The van der Waals surface area contributed by atoms with Crippen LogP contribution < -0.4 is 4.74 Å². The van der Waals surface area contributed by atoms with Crippen LogP contribution in [0.3, 0.4) is 0 Å². The number of alkyl halides is 1. The van der Waals surface area contributed by atoms with E-state index in [2.05, 4.69) is 5.92 Å². The molecule has 0 fully saturated rings. The lowest BCUT2D eigenvalue weighted by Gasteiger charge is -2.11. The predicted molar refractivity (Wildman–Crippen MR) is 59.9 cm³/mol. The largest absolute Gasteiger partial charge is 0.494 e. The zero-order valence-corrected chi connectivity index (χ0v) is 9.09. The molecule has 0 aromatic heterocycles. The van der Waals surface area contributed by atoms with Gasteiger partial charge in [-0.3, -0.25) is 4.39 Å². The Morgan fingerprint density at radius 1 is 1.47 bits per heavy atom. The fraction of sp³-hybridized carbons (Fsp3) is 0.385. The van der Waals surface area contributed by atoms with Gasteiger partial charge in [0.05, 0.1) is 13.3 Å². The van der Waals surface area contributed by atoms with Crippen LogP contribution in [0.25, 0.3) is 0 Å². The predicted octanol–water partition coefficient (Wildman–Crippen LogP) is 3.14. The van der Waals surface area contributed by atoms with Crippen LogP contribution in [0.2, 0.25) is 0 Å². The molecule has 1 rings (SSSR count). The minimum atomic E-state index is -0.389. The highest BCUT2D eigenvalue weighted by molar-refractivity contribution is 5.43. The van der Waals surface area contributed by atoms with E-state index in [0.29, 0.717) is 12.4 Å². The Morgan fingerprint density at radius 3 is 2.73 bits per heavy atom. The third-order valence-corrected chi connectivity index (χ3v) is 2.21. The van der Waals surface area contributed by atoms with Crippen molar-refractivity contribution >= 4 is 0 Å². The number of benzene rings is 1. The SMILES string of the molecule is C#Cc1cc(OCC)cc(C(C)CF)c1. The maximum absolute atomic E-state index is 12.5. The first kappa shape index (κ1) is 11.6.